The number of rotatable bonds is 2. The first-order valence-electron chi connectivity index (χ1n) is 5.50. The van der Waals surface area contributed by atoms with E-state index in [1.54, 1.807) is 6.07 Å². The number of halogens is 3. The lowest BCUT2D eigenvalue weighted by molar-refractivity contribution is 0.102. The second kappa shape index (κ2) is 6.37. The van der Waals surface area contributed by atoms with E-state index in [1.807, 2.05) is 37.3 Å². The molecule has 0 fully saturated rings. The maximum absolute atomic E-state index is 12.2. The van der Waals surface area contributed by atoms with Crippen molar-refractivity contribution in [2.75, 3.05) is 5.32 Å². The number of carbonyl (C=O) groups excluding carboxylic acids is 1. The van der Waals surface area contributed by atoms with Crippen LogP contribution in [0, 0.1) is 10.5 Å². The Balaban J connectivity index is 2.25. The fourth-order valence-electron chi connectivity index (χ4n) is 1.57. The molecule has 0 bridgehead atoms. The quantitative estimate of drug-likeness (QED) is 0.558. The minimum absolute atomic E-state index is 0.105. The summed E-state index contributed by atoms with van der Waals surface area (Å²) >= 11 is 9.03. The second-order valence-corrected chi connectivity index (χ2v) is 6.97. The Hall–Kier alpha value is -0.400. The Morgan fingerprint density at radius 1 is 1.16 bits per heavy atom. The van der Waals surface area contributed by atoms with Crippen LogP contribution in [0.2, 0.25) is 0 Å². The third-order valence-electron chi connectivity index (χ3n) is 2.60. The van der Waals surface area contributed by atoms with Crippen LogP contribution in [0.4, 0.5) is 5.69 Å². The molecule has 0 aliphatic carbocycles. The van der Waals surface area contributed by atoms with Gasteiger partial charge in [0.25, 0.3) is 5.91 Å². The van der Waals surface area contributed by atoms with Gasteiger partial charge in [0.1, 0.15) is 0 Å². The van der Waals surface area contributed by atoms with Crippen LogP contribution in [0.3, 0.4) is 0 Å². The zero-order valence-corrected chi connectivity index (χ0v) is 15.3. The molecule has 2 aromatic carbocycles. The number of hydrogen-bond donors (Lipinski definition) is 1. The maximum atomic E-state index is 12.2. The van der Waals surface area contributed by atoms with Crippen molar-refractivity contribution in [3.05, 3.63) is 60.0 Å². The highest BCUT2D eigenvalue weighted by Gasteiger charge is 2.09. The van der Waals surface area contributed by atoms with E-state index in [9.17, 15) is 4.79 Å². The van der Waals surface area contributed by atoms with Gasteiger partial charge >= 0.3 is 0 Å². The summed E-state index contributed by atoms with van der Waals surface area (Å²) in [4.78, 5) is 12.2. The van der Waals surface area contributed by atoms with Gasteiger partial charge in [0.15, 0.2) is 0 Å². The summed E-state index contributed by atoms with van der Waals surface area (Å²) in [5.41, 5.74) is 2.49. The van der Waals surface area contributed by atoms with E-state index in [4.69, 9.17) is 0 Å². The largest absolute Gasteiger partial charge is 0.321 e. The molecule has 19 heavy (non-hydrogen) atoms. The molecule has 0 unspecified atom stereocenters. The molecule has 0 aromatic heterocycles. The van der Waals surface area contributed by atoms with Crippen molar-refractivity contribution in [1.29, 1.82) is 0 Å². The van der Waals surface area contributed by atoms with Gasteiger partial charge in [0.05, 0.1) is 5.69 Å². The van der Waals surface area contributed by atoms with Crippen molar-refractivity contribution in [2.45, 2.75) is 6.92 Å². The number of nitrogens with one attached hydrogen (secondary N) is 1. The van der Waals surface area contributed by atoms with Gasteiger partial charge in [0, 0.05) is 18.1 Å². The predicted molar refractivity (Wildman–Crippen MR) is 93.7 cm³/mol. The predicted octanol–water partition coefficient (Wildman–Crippen LogP) is 5.38. The molecule has 0 atom stereocenters. The Labute approximate surface area is 142 Å². The van der Waals surface area contributed by atoms with Crippen molar-refractivity contribution in [1.82, 2.24) is 0 Å². The van der Waals surface area contributed by atoms with Crippen LogP contribution in [-0.4, -0.2) is 5.91 Å². The molecule has 0 heterocycles. The third-order valence-corrected chi connectivity index (χ3v) is 4.92. The molecule has 0 spiro atoms. The summed E-state index contributed by atoms with van der Waals surface area (Å²) in [7, 11) is 0. The van der Waals surface area contributed by atoms with E-state index < -0.39 is 0 Å². The molecule has 1 amide bonds. The van der Waals surface area contributed by atoms with Crippen LogP contribution in [0.1, 0.15) is 15.9 Å². The minimum Gasteiger partial charge on any atom is -0.321 e. The van der Waals surface area contributed by atoms with Crippen LogP contribution in [0.25, 0.3) is 0 Å². The van der Waals surface area contributed by atoms with Gasteiger partial charge in [0.2, 0.25) is 0 Å². The van der Waals surface area contributed by atoms with Crippen LogP contribution >= 0.6 is 54.5 Å². The summed E-state index contributed by atoms with van der Waals surface area (Å²) in [6, 6.07) is 11.3. The number of hydrogen-bond acceptors (Lipinski definition) is 1. The molecule has 2 aromatic rings. The monoisotopic (exact) mass is 493 g/mol. The summed E-state index contributed by atoms with van der Waals surface area (Å²) in [5.74, 6) is -0.105. The van der Waals surface area contributed by atoms with Crippen molar-refractivity contribution in [3.8, 4) is 0 Å². The van der Waals surface area contributed by atoms with Crippen LogP contribution in [0.15, 0.2) is 45.3 Å². The third kappa shape index (κ3) is 3.79. The molecular formula is C14H10Br2INO. The molecule has 0 saturated carbocycles. The van der Waals surface area contributed by atoms with Gasteiger partial charge < -0.3 is 5.32 Å². The number of aryl methyl sites for hydroxylation is 1. The van der Waals surface area contributed by atoms with Gasteiger partial charge in [-0.25, -0.2) is 0 Å². The normalized spacial score (nSPS) is 10.3. The standard InChI is InChI=1S/C14H10Br2INO/c1-8-6-9(2-4-11(8)16)14(19)18-13-7-10(15)3-5-12(13)17/h2-7H,1H3,(H,18,19). The highest BCUT2D eigenvalue weighted by Crippen LogP contribution is 2.24. The highest BCUT2D eigenvalue weighted by atomic mass is 127. The highest BCUT2D eigenvalue weighted by molar-refractivity contribution is 14.1. The summed E-state index contributed by atoms with van der Waals surface area (Å²) in [6.07, 6.45) is 0. The topological polar surface area (TPSA) is 29.1 Å². The fraction of sp³-hybridized carbons (Fsp3) is 0.0714. The average molecular weight is 495 g/mol. The lowest BCUT2D eigenvalue weighted by Gasteiger charge is -2.09. The van der Waals surface area contributed by atoms with Crippen LogP contribution in [-0.2, 0) is 0 Å². The first-order chi connectivity index (χ1) is 8.97. The molecule has 0 radical (unpaired) electrons. The molecular weight excluding hydrogens is 485 g/mol. The zero-order valence-electron chi connectivity index (χ0n) is 10.0. The van der Waals surface area contributed by atoms with E-state index in [0.717, 1.165) is 23.8 Å². The number of anilines is 1. The van der Waals surface area contributed by atoms with Crippen LogP contribution in [0.5, 0.6) is 0 Å². The summed E-state index contributed by atoms with van der Waals surface area (Å²) in [5, 5.41) is 2.92. The van der Waals surface area contributed by atoms with Crippen molar-refractivity contribution in [2.24, 2.45) is 0 Å². The molecule has 2 nitrogen and oxygen atoms in total. The van der Waals surface area contributed by atoms with Gasteiger partial charge in [-0.1, -0.05) is 31.9 Å². The Bertz CT molecular complexity index is 643. The number of benzene rings is 2. The lowest BCUT2D eigenvalue weighted by atomic mass is 10.1. The molecule has 0 aliphatic rings. The van der Waals surface area contributed by atoms with Gasteiger partial charge in [-0.2, -0.15) is 0 Å². The Morgan fingerprint density at radius 3 is 2.58 bits per heavy atom. The Morgan fingerprint density at radius 2 is 1.89 bits per heavy atom. The molecule has 1 N–H and O–H groups in total. The maximum Gasteiger partial charge on any atom is 0.255 e. The average Bonchev–Trinajstić information content (AvgIpc) is 2.37. The SMILES string of the molecule is Cc1cc(C(=O)Nc2cc(Br)ccc2I)ccc1Br. The van der Waals surface area contributed by atoms with E-state index >= 15 is 0 Å². The molecule has 0 aliphatic heterocycles. The van der Waals surface area contributed by atoms with E-state index in [0.29, 0.717) is 5.56 Å². The van der Waals surface area contributed by atoms with E-state index in [-0.39, 0.29) is 5.91 Å². The smallest absolute Gasteiger partial charge is 0.255 e. The van der Waals surface area contributed by atoms with Gasteiger partial charge in [-0.15, -0.1) is 0 Å². The molecule has 0 saturated heterocycles. The summed E-state index contributed by atoms with van der Waals surface area (Å²) in [6.45, 7) is 1.96. The molecule has 5 heteroatoms. The number of amides is 1. The minimum atomic E-state index is -0.105. The Kier molecular flexibility index (Phi) is 5.03. The van der Waals surface area contributed by atoms with Crippen LogP contribution < -0.4 is 5.32 Å². The van der Waals surface area contributed by atoms with Gasteiger partial charge in [-0.3, -0.25) is 4.79 Å². The first kappa shape index (κ1) is 15.0. The first-order valence-corrected chi connectivity index (χ1v) is 8.16. The molecule has 2 rings (SSSR count). The van der Waals surface area contributed by atoms with E-state index in [1.165, 1.54) is 0 Å². The van der Waals surface area contributed by atoms with E-state index in [2.05, 4.69) is 59.8 Å². The molecule has 98 valence electrons. The van der Waals surface area contributed by atoms with Crippen molar-refractivity contribution < 1.29 is 4.79 Å². The van der Waals surface area contributed by atoms with Gasteiger partial charge in [-0.05, 0) is 71.5 Å². The fourth-order valence-corrected chi connectivity index (χ4v) is 2.65. The lowest BCUT2D eigenvalue weighted by Crippen LogP contribution is -2.13. The number of carbonyl (C=O) groups is 1. The van der Waals surface area contributed by atoms with Crippen molar-refractivity contribution >= 4 is 66.0 Å². The summed E-state index contributed by atoms with van der Waals surface area (Å²) < 4.78 is 2.94. The second-order valence-electron chi connectivity index (χ2n) is 4.04. The zero-order chi connectivity index (χ0) is 14.0. The van der Waals surface area contributed by atoms with Crippen molar-refractivity contribution in [3.63, 3.8) is 0 Å².